The maximum atomic E-state index is 14.3. The van der Waals surface area contributed by atoms with E-state index < -0.39 is 34.5 Å². The summed E-state index contributed by atoms with van der Waals surface area (Å²) in [6.07, 6.45) is 2.44. The molecule has 3 rings (SSSR count). The van der Waals surface area contributed by atoms with Crippen LogP contribution in [0.15, 0.2) is 42.5 Å². The van der Waals surface area contributed by atoms with Crippen molar-refractivity contribution in [2.75, 3.05) is 6.61 Å². The lowest BCUT2D eigenvalue weighted by molar-refractivity contribution is -0.385. The van der Waals surface area contributed by atoms with Crippen molar-refractivity contribution in [1.29, 1.82) is 0 Å². The van der Waals surface area contributed by atoms with Gasteiger partial charge in [-0.15, -0.1) is 0 Å². The summed E-state index contributed by atoms with van der Waals surface area (Å²) in [4.78, 5) is 35.7. The number of ether oxygens (including phenoxy) is 1. The molecule has 0 heterocycles. The Morgan fingerprint density at radius 3 is 2.50 bits per heavy atom. The van der Waals surface area contributed by atoms with Gasteiger partial charge in [-0.1, -0.05) is 43.2 Å². The molecule has 0 aromatic heterocycles. The Morgan fingerprint density at radius 1 is 1.18 bits per heavy atom. The van der Waals surface area contributed by atoms with E-state index in [1.165, 1.54) is 24.3 Å². The van der Waals surface area contributed by atoms with Crippen molar-refractivity contribution < 1.29 is 23.6 Å². The Bertz CT molecular complexity index is 934. The van der Waals surface area contributed by atoms with Crippen molar-refractivity contribution >= 4 is 17.4 Å². The number of hydrogen-bond donors (Lipinski definition) is 0. The standard InChI is InChI=1S/C21H20FNO5/c1-14-8-9-15(12-18(14)23(26)27)19(24)13-28-20(25)21(10-4-5-11-21)16-6-2-3-7-17(16)22/h2-3,6-9,12H,4-5,10-11,13H2,1H3. The molecule has 1 aliphatic carbocycles. The second-order valence-electron chi connectivity index (χ2n) is 7.03. The molecule has 7 heteroatoms. The predicted octanol–water partition coefficient (Wildman–Crippen LogP) is 4.28. The van der Waals surface area contributed by atoms with Crippen LogP contribution < -0.4 is 0 Å². The first kappa shape index (κ1) is 19.7. The second kappa shape index (κ2) is 7.88. The minimum atomic E-state index is -1.09. The smallest absolute Gasteiger partial charge is 0.317 e. The maximum absolute atomic E-state index is 14.3. The third-order valence-electron chi connectivity index (χ3n) is 5.30. The predicted molar refractivity (Wildman–Crippen MR) is 99.7 cm³/mol. The Balaban J connectivity index is 1.77. The number of hydrogen-bond acceptors (Lipinski definition) is 5. The van der Waals surface area contributed by atoms with Crippen molar-refractivity contribution in [2.24, 2.45) is 0 Å². The summed E-state index contributed by atoms with van der Waals surface area (Å²) in [6.45, 7) is 1.03. The van der Waals surface area contributed by atoms with Crippen LogP contribution in [-0.2, 0) is 14.9 Å². The second-order valence-corrected chi connectivity index (χ2v) is 7.03. The number of nitro benzene ring substituents is 1. The maximum Gasteiger partial charge on any atom is 0.317 e. The molecule has 28 heavy (non-hydrogen) atoms. The van der Waals surface area contributed by atoms with Gasteiger partial charge in [0, 0.05) is 22.8 Å². The lowest BCUT2D eigenvalue weighted by atomic mass is 9.78. The summed E-state index contributed by atoms with van der Waals surface area (Å²) in [7, 11) is 0. The van der Waals surface area contributed by atoms with Gasteiger partial charge in [-0.3, -0.25) is 19.7 Å². The minimum Gasteiger partial charge on any atom is -0.457 e. The van der Waals surface area contributed by atoms with E-state index in [9.17, 15) is 24.1 Å². The fraction of sp³-hybridized carbons (Fsp3) is 0.333. The zero-order valence-electron chi connectivity index (χ0n) is 15.4. The van der Waals surface area contributed by atoms with Crippen molar-refractivity contribution in [3.8, 4) is 0 Å². The Morgan fingerprint density at radius 2 is 1.86 bits per heavy atom. The Hall–Kier alpha value is -3.09. The van der Waals surface area contributed by atoms with E-state index in [2.05, 4.69) is 0 Å². The molecule has 1 saturated carbocycles. The van der Waals surface area contributed by atoms with Crippen molar-refractivity contribution in [1.82, 2.24) is 0 Å². The van der Waals surface area contributed by atoms with E-state index >= 15 is 0 Å². The highest BCUT2D eigenvalue weighted by atomic mass is 19.1. The number of carbonyl (C=O) groups is 2. The average molecular weight is 385 g/mol. The molecular weight excluding hydrogens is 365 g/mol. The first-order valence-corrected chi connectivity index (χ1v) is 9.05. The summed E-state index contributed by atoms with van der Waals surface area (Å²) in [5, 5.41) is 11.0. The number of rotatable bonds is 6. The summed E-state index contributed by atoms with van der Waals surface area (Å²) < 4.78 is 19.6. The first-order valence-electron chi connectivity index (χ1n) is 9.05. The van der Waals surface area contributed by atoms with E-state index in [0.29, 0.717) is 18.4 Å². The van der Waals surface area contributed by atoms with Crippen LogP contribution in [0.1, 0.15) is 47.2 Å². The summed E-state index contributed by atoms with van der Waals surface area (Å²) in [5.74, 6) is -1.65. The van der Waals surface area contributed by atoms with E-state index in [1.54, 1.807) is 25.1 Å². The lowest BCUT2D eigenvalue weighted by Crippen LogP contribution is -2.36. The van der Waals surface area contributed by atoms with Crippen LogP contribution in [0.5, 0.6) is 0 Å². The molecule has 0 saturated heterocycles. The number of Topliss-reactive ketones (excluding diaryl/α,β-unsaturated/α-hetero) is 1. The topological polar surface area (TPSA) is 86.5 Å². The molecule has 0 aliphatic heterocycles. The number of benzene rings is 2. The van der Waals surface area contributed by atoms with Crippen molar-refractivity contribution in [3.63, 3.8) is 0 Å². The van der Waals surface area contributed by atoms with Crippen LogP contribution in [0, 0.1) is 22.9 Å². The highest BCUT2D eigenvalue weighted by Gasteiger charge is 2.46. The van der Waals surface area contributed by atoms with Crippen LogP contribution in [-0.4, -0.2) is 23.3 Å². The van der Waals surface area contributed by atoms with E-state index in [-0.39, 0.29) is 16.8 Å². The van der Waals surface area contributed by atoms with Crippen LogP contribution in [0.25, 0.3) is 0 Å². The third-order valence-corrected chi connectivity index (χ3v) is 5.30. The van der Waals surface area contributed by atoms with Crippen LogP contribution in [0.2, 0.25) is 0 Å². The van der Waals surface area contributed by atoms with Crippen LogP contribution in [0.4, 0.5) is 10.1 Å². The Kier molecular flexibility index (Phi) is 5.53. The van der Waals surface area contributed by atoms with Gasteiger partial charge in [-0.2, -0.15) is 0 Å². The fourth-order valence-electron chi connectivity index (χ4n) is 3.74. The fourth-order valence-corrected chi connectivity index (χ4v) is 3.74. The normalized spacial score (nSPS) is 15.2. The molecular formula is C21H20FNO5. The molecule has 146 valence electrons. The number of ketones is 1. The minimum absolute atomic E-state index is 0.0939. The number of nitrogens with zero attached hydrogens (tertiary/aromatic N) is 1. The van der Waals surface area contributed by atoms with Gasteiger partial charge in [-0.25, -0.2) is 4.39 Å². The highest BCUT2D eigenvalue weighted by Crippen LogP contribution is 2.43. The van der Waals surface area contributed by atoms with Gasteiger partial charge in [0.25, 0.3) is 5.69 Å². The SMILES string of the molecule is Cc1ccc(C(=O)COC(=O)C2(c3ccccc3F)CCCC2)cc1[N+](=O)[O-]. The van der Waals surface area contributed by atoms with Gasteiger partial charge in [0.05, 0.1) is 10.3 Å². The van der Waals surface area contributed by atoms with E-state index in [1.807, 2.05) is 0 Å². The lowest BCUT2D eigenvalue weighted by Gasteiger charge is -2.27. The van der Waals surface area contributed by atoms with Crippen LogP contribution >= 0.6 is 0 Å². The number of esters is 1. The van der Waals surface area contributed by atoms with Crippen LogP contribution in [0.3, 0.4) is 0 Å². The first-order chi connectivity index (χ1) is 13.3. The molecule has 6 nitrogen and oxygen atoms in total. The van der Waals surface area contributed by atoms with Gasteiger partial charge in [0.15, 0.2) is 6.61 Å². The number of nitro groups is 1. The van der Waals surface area contributed by atoms with Gasteiger partial charge >= 0.3 is 5.97 Å². The number of carbonyl (C=O) groups excluding carboxylic acids is 2. The molecule has 0 spiro atoms. The zero-order chi connectivity index (χ0) is 20.3. The molecule has 0 amide bonds. The summed E-state index contributed by atoms with van der Waals surface area (Å²) in [6, 6.07) is 10.2. The zero-order valence-corrected chi connectivity index (χ0v) is 15.4. The molecule has 0 unspecified atom stereocenters. The van der Waals surface area contributed by atoms with Crippen molar-refractivity contribution in [3.05, 3.63) is 75.1 Å². The largest absolute Gasteiger partial charge is 0.457 e. The van der Waals surface area contributed by atoms with E-state index in [0.717, 1.165) is 12.8 Å². The Labute approximate surface area is 161 Å². The van der Waals surface area contributed by atoms with Gasteiger partial charge in [-0.05, 0) is 25.8 Å². The molecule has 1 aliphatic rings. The molecule has 2 aromatic rings. The number of aryl methyl sites for hydroxylation is 1. The van der Waals surface area contributed by atoms with E-state index in [4.69, 9.17) is 4.74 Å². The molecule has 1 fully saturated rings. The van der Waals surface area contributed by atoms with Gasteiger partial charge < -0.3 is 4.74 Å². The highest BCUT2D eigenvalue weighted by molar-refractivity contribution is 5.99. The molecule has 0 bridgehead atoms. The van der Waals surface area contributed by atoms with Crippen molar-refractivity contribution in [2.45, 2.75) is 38.0 Å². The average Bonchev–Trinajstić information content (AvgIpc) is 3.17. The third kappa shape index (κ3) is 3.65. The molecule has 0 atom stereocenters. The summed E-state index contributed by atoms with van der Waals surface area (Å²) >= 11 is 0. The van der Waals surface area contributed by atoms with Gasteiger partial charge in [0.1, 0.15) is 5.82 Å². The monoisotopic (exact) mass is 385 g/mol. The molecule has 0 radical (unpaired) electrons. The molecule has 0 N–H and O–H groups in total. The number of halogens is 1. The molecule has 2 aromatic carbocycles. The summed E-state index contributed by atoms with van der Waals surface area (Å²) in [5.41, 5.74) is -0.448. The van der Waals surface area contributed by atoms with Gasteiger partial charge in [0.2, 0.25) is 5.78 Å². The quantitative estimate of drug-likeness (QED) is 0.321.